The average molecular weight is 403 g/mol. The molecule has 4 heterocycles. The molecule has 0 saturated heterocycles. The minimum atomic E-state index is -0.00200. The fraction of sp³-hybridized carbons (Fsp3) is 0.261. The van der Waals surface area contributed by atoms with Gasteiger partial charge in [0.05, 0.1) is 17.1 Å². The van der Waals surface area contributed by atoms with Crippen LogP contribution in [0.3, 0.4) is 0 Å². The maximum absolute atomic E-state index is 12.6. The van der Waals surface area contributed by atoms with Crippen LogP contribution in [0, 0.1) is 6.92 Å². The van der Waals surface area contributed by atoms with Crippen molar-refractivity contribution in [3.63, 3.8) is 0 Å². The van der Waals surface area contributed by atoms with Gasteiger partial charge in [0.2, 0.25) is 0 Å². The molecule has 1 aliphatic rings. The number of thiophene rings is 1. The topological polar surface area (TPSA) is 70.7 Å². The first-order valence-corrected chi connectivity index (χ1v) is 10.8. The van der Waals surface area contributed by atoms with Crippen molar-refractivity contribution in [3.8, 4) is 11.1 Å². The molecule has 4 aromatic rings. The van der Waals surface area contributed by atoms with E-state index in [9.17, 15) is 4.79 Å². The number of fused-ring (bicyclic) bond motifs is 2. The van der Waals surface area contributed by atoms with Gasteiger partial charge in [-0.3, -0.25) is 9.78 Å². The summed E-state index contributed by atoms with van der Waals surface area (Å²) in [5, 5.41) is 4.12. The fourth-order valence-corrected chi connectivity index (χ4v) is 5.17. The number of aromatic amines is 1. The van der Waals surface area contributed by atoms with Crippen molar-refractivity contribution in [2.45, 2.75) is 39.2 Å². The van der Waals surface area contributed by atoms with Crippen LogP contribution in [0.15, 0.2) is 42.9 Å². The van der Waals surface area contributed by atoms with Crippen molar-refractivity contribution < 1.29 is 4.79 Å². The van der Waals surface area contributed by atoms with E-state index in [1.807, 2.05) is 31.5 Å². The normalized spacial score (nSPS) is 13.4. The first kappa shape index (κ1) is 18.1. The lowest BCUT2D eigenvalue weighted by atomic mass is 9.99. The fourth-order valence-electron chi connectivity index (χ4n) is 4.00. The minimum Gasteiger partial charge on any atom is -0.346 e. The minimum absolute atomic E-state index is 0.00200. The van der Waals surface area contributed by atoms with Gasteiger partial charge in [0.25, 0.3) is 5.91 Å². The zero-order valence-electron chi connectivity index (χ0n) is 16.3. The molecular weight excluding hydrogens is 380 g/mol. The van der Waals surface area contributed by atoms with Crippen LogP contribution in [0.2, 0.25) is 0 Å². The Morgan fingerprint density at radius 2 is 2.10 bits per heavy atom. The van der Waals surface area contributed by atoms with Gasteiger partial charge in [-0.15, -0.1) is 11.3 Å². The molecule has 0 saturated carbocycles. The average Bonchev–Trinajstić information content (AvgIpc) is 3.39. The molecule has 0 atom stereocenters. The predicted molar refractivity (Wildman–Crippen MR) is 116 cm³/mol. The molecule has 0 aromatic carbocycles. The summed E-state index contributed by atoms with van der Waals surface area (Å²) in [4.78, 5) is 26.9. The Morgan fingerprint density at radius 3 is 2.97 bits per heavy atom. The molecule has 0 bridgehead atoms. The lowest BCUT2D eigenvalue weighted by Gasteiger charge is -2.09. The summed E-state index contributed by atoms with van der Waals surface area (Å²) in [6, 6.07) is 8.23. The number of pyridine rings is 2. The molecule has 0 fully saturated rings. The Hall–Kier alpha value is -2.99. The highest BCUT2D eigenvalue weighted by atomic mass is 32.1. The number of aromatic nitrogens is 3. The lowest BCUT2D eigenvalue weighted by molar-refractivity contribution is 0.0954. The van der Waals surface area contributed by atoms with E-state index in [4.69, 9.17) is 0 Å². The smallest absolute Gasteiger partial charge is 0.261 e. The Balaban J connectivity index is 1.33. The molecule has 0 spiro atoms. The van der Waals surface area contributed by atoms with Crippen LogP contribution < -0.4 is 5.32 Å². The number of nitrogens with one attached hydrogen (secondary N) is 2. The number of amides is 1. The number of hydrogen-bond donors (Lipinski definition) is 2. The van der Waals surface area contributed by atoms with E-state index in [1.165, 1.54) is 23.3 Å². The number of hydrogen-bond acceptors (Lipinski definition) is 4. The van der Waals surface area contributed by atoms with Crippen molar-refractivity contribution in [2.75, 3.05) is 0 Å². The summed E-state index contributed by atoms with van der Waals surface area (Å²) in [6.07, 6.45) is 10.2. The second-order valence-electron chi connectivity index (χ2n) is 7.53. The number of H-pyrrole nitrogens is 1. The molecule has 5 nitrogen and oxygen atoms in total. The van der Waals surface area contributed by atoms with Crippen LogP contribution in [0.5, 0.6) is 0 Å². The molecule has 5 rings (SSSR count). The van der Waals surface area contributed by atoms with E-state index < -0.39 is 0 Å². The van der Waals surface area contributed by atoms with E-state index >= 15 is 0 Å². The van der Waals surface area contributed by atoms with Gasteiger partial charge in [0, 0.05) is 34.4 Å². The van der Waals surface area contributed by atoms with E-state index in [0.29, 0.717) is 6.54 Å². The number of rotatable bonds is 4. The lowest BCUT2D eigenvalue weighted by Crippen LogP contribution is -2.23. The molecule has 4 aromatic heterocycles. The van der Waals surface area contributed by atoms with Crippen LogP contribution in [0.4, 0.5) is 0 Å². The van der Waals surface area contributed by atoms with Gasteiger partial charge in [-0.25, -0.2) is 4.98 Å². The summed E-state index contributed by atoms with van der Waals surface area (Å²) >= 11 is 1.64. The van der Waals surface area contributed by atoms with Gasteiger partial charge in [0.1, 0.15) is 5.65 Å². The van der Waals surface area contributed by atoms with E-state index in [-0.39, 0.29) is 5.91 Å². The summed E-state index contributed by atoms with van der Waals surface area (Å²) in [6.45, 7) is 2.47. The molecule has 0 aliphatic heterocycles. The number of nitrogens with zero attached hydrogens (tertiary/aromatic N) is 2. The molecule has 0 radical (unpaired) electrons. The molecule has 1 aliphatic carbocycles. The third-order valence-electron chi connectivity index (χ3n) is 5.59. The maximum atomic E-state index is 12.6. The molecule has 2 N–H and O–H groups in total. The van der Waals surface area contributed by atoms with Crippen molar-refractivity contribution in [2.24, 2.45) is 0 Å². The third kappa shape index (κ3) is 3.44. The van der Waals surface area contributed by atoms with Crippen molar-refractivity contribution >= 4 is 28.3 Å². The number of carbonyl (C=O) groups excluding carboxylic acids is 1. The summed E-state index contributed by atoms with van der Waals surface area (Å²) in [5.74, 6) is -0.00200. The summed E-state index contributed by atoms with van der Waals surface area (Å²) < 4.78 is 0. The van der Waals surface area contributed by atoms with Crippen LogP contribution >= 0.6 is 11.3 Å². The molecule has 6 heteroatoms. The maximum Gasteiger partial charge on any atom is 0.261 e. The van der Waals surface area contributed by atoms with Gasteiger partial charge < -0.3 is 10.3 Å². The molecule has 146 valence electrons. The Morgan fingerprint density at radius 1 is 1.21 bits per heavy atom. The molecular formula is C23H22N4OS. The Labute approximate surface area is 173 Å². The monoisotopic (exact) mass is 402 g/mol. The van der Waals surface area contributed by atoms with Gasteiger partial charge >= 0.3 is 0 Å². The third-order valence-corrected chi connectivity index (χ3v) is 6.83. The van der Waals surface area contributed by atoms with Crippen molar-refractivity contribution in [1.82, 2.24) is 20.3 Å². The van der Waals surface area contributed by atoms with E-state index in [2.05, 4.69) is 32.4 Å². The van der Waals surface area contributed by atoms with E-state index in [0.717, 1.165) is 51.1 Å². The Bertz CT molecular complexity index is 1180. The van der Waals surface area contributed by atoms with Gasteiger partial charge in [-0.05, 0) is 73.6 Å². The zero-order valence-corrected chi connectivity index (χ0v) is 17.1. The highest BCUT2D eigenvalue weighted by Gasteiger charge is 2.17. The van der Waals surface area contributed by atoms with Crippen LogP contribution in [0.25, 0.3) is 22.2 Å². The highest BCUT2D eigenvalue weighted by molar-refractivity contribution is 7.14. The van der Waals surface area contributed by atoms with Crippen LogP contribution in [-0.4, -0.2) is 20.9 Å². The van der Waals surface area contributed by atoms with Gasteiger partial charge in [0.15, 0.2) is 0 Å². The summed E-state index contributed by atoms with van der Waals surface area (Å²) in [7, 11) is 0. The second kappa shape index (κ2) is 7.44. The second-order valence-corrected chi connectivity index (χ2v) is 8.67. The quantitative estimate of drug-likeness (QED) is 0.515. The van der Waals surface area contributed by atoms with Gasteiger partial charge in [-0.1, -0.05) is 0 Å². The molecule has 0 unspecified atom stereocenters. The zero-order chi connectivity index (χ0) is 19.8. The van der Waals surface area contributed by atoms with Crippen molar-refractivity contribution in [1.29, 1.82) is 0 Å². The SMILES string of the molecule is Cc1cc(-c2ccnc3[nH]ccc23)cnc1CNC(=O)c1cc2c(s1)CCCC2. The molecule has 29 heavy (non-hydrogen) atoms. The standard InChI is InChI=1S/C23H22N4OS/c1-14-10-16(17-6-8-24-22-18(17)7-9-25-22)12-26-19(14)13-27-23(28)21-11-15-4-2-3-5-20(15)29-21/h6-12H,2-5,13H2,1H3,(H,24,25)(H,27,28). The van der Waals surface area contributed by atoms with Gasteiger partial charge in [-0.2, -0.15) is 0 Å². The van der Waals surface area contributed by atoms with Crippen LogP contribution in [-0.2, 0) is 19.4 Å². The van der Waals surface area contributed by atoms with Crippen LogP contribution in [0.1, 0.15) is 44.2 Å². The Kier molecular flexibility index (Phi) is 4.64. The molecule has 1 amide bonds. The number of aryl methyl sites for hydroxylation is 3. The number of carbonyl (C=O) groups is 1. The van der Waals surface area contributed by atoms with E-state index in [1.54, 1.807) is 17.5 Å². The highest BCUT2D eigenvalue weighted by Crippen LogP contribution is 2.30. The first-order chi connectivity index (χ1) is 14.2. The predicted octanol–water partition coefficient (Wildman–Crippen LogP) is 4.80. The largest absolute Gasteiger partial charge is 0.346 e. The summed E-state index contributed by atoms with van der Waals surface area (Å²) in [5.41, 5.74) is 6.34. The van der Waals surface area contributed by atoms with Crippen molar-refractivity contribution in [3.05, 3.63) is 69.4 Å². The first-order valence-electron chi connectivity index (χ1n) is 9.97.